The Morgan fingerprint density at radius 2 is 2.23 bits per heavy atom. The number of hydrogen-bond donors (Lipinski definition) is 0. The highest BCUT2D eigenvalue weighted by atomic mass is 16.7. The lowest BCUT2D eigenvalue weighted by atomic mass is 10.2. The van der Waals surface area contributed by atoms with Crippen molar-refractivity contribution >= 4 is 6.08 Å². The van der Waals surface area contributed by atoms with Crippen LogP contribution in [0.5, 0.6) is 5.75 Å². The molecule has 0 bridgehead atoms. The van der Waals surface area contributed by atoms with E-state index < -0.39 is 0 Å². The van der Waals surface area contributed by atoms with Crippen LogP contribution in [0.1, 0.15) is 5.56 Å². The molecule has 0 unspecified atom stereocenters. The van der Waals surface area contributed by atoms with Crippen molar-refractivity contribution in [3.8, 4) is 5.75 Å². The largest absolute Gasteiger partial charge is 0.448 e. The van der Waals surface area contributed by atoms with Crippen LogP contribution in [0.4, 0.5) is 0 Å². The van der Waals surface area contributed by atoms with Gasteiger partial charge in [-0.2, -0.15) is 0 Å². The van der Waals surface area contributed by atoms with Crippen molar-refractivity contribution in [3.05, 3.63) is 29.8 Å². The number of rotatable bonds is 1. The Morgan fingerprint density at radius 3 is 2.92 bits per heavy atom. The third kappa shape index (κ3) is 1.80. The van der Waals surface area contributed by atoms with Gasteiger partial charge in [0.1, 0.15) is 12.4 Å². The van der Waals surface area contributed by atoms with Gasteiger partial charge in [-0.15, -0.1) is 0 Å². The monoisotopic (exact) mass is 177 g/mol. The number of aliphatic imine (C=N–C) groups is 1. The lowest BCUT2D eigenvalue weighted by Crippen LogP contribution is -2.08. The van der Waals surface area contributed by atoms with Gasteiger partial charge in [-0.25, -0.2) is 4.99 Å². The van der Waals surface area contributed by atoms with E-state index in [-0.39, 0.29) is 0 Å². The summed E-state index contributed by atoms with van der Waals surface area (Å²) >= 11 is 0. The molecule has 0 radical (unpaired) electrons. The molecule has 3 heteroatoms. The van der Waals surface area contributed by atoms with E-state index in [9.17, 15) is 0 Å². The van der Waals surface area contributed by atoms with Gasteiger partial charge in [0, 0.05) is 0 Å². The van der Waals surface area contributed by atoms with Crippen LogP contribution in [-0.2, 0) is 4.74 Å². The van der Waals surface area contributed by atoms with E-state index in [0.29, 0.717) is 19.2 Å². The lowest BCUT2D eigenvalue weighted by Gasteiger charge is -2.06. The standard InChI is InChI=1S/C10H11NO2/c1-8-4-2-3-5-9(8)13-10-11-6-7-12-10/h2-5H,6-7H2,1H3. The molecule has 0 saturated heterocycles. The molecule has 68 valence electrons. The molecular weight excluding hydrogens is 166 g/mol. The highest BCUT2D eigenvalue weighted by molar-refractivity contribution is 5.71. The van der Waals surface area contributed by atoms with E-state index in [0.717, 1.165) is 11.3 Å². The normalized spacial score (nSPS) is 15.0. The summed E-state index contributed by atoms with van der Waals surface area (Å²) in [6.45, 7) is 3.31. The van der Waals surface area contributed by atoms with Crippen molar-refractivity contribution < 1.29 is 9.47 Å². The molecule has 0 fully saturated rings. The molecule has 1 aromatic carbocycles. The van der Waals surface area contributed by atoms with Gasteiger partial charge in [0.05, 0.1) is 6.54 Å². The molecule has 0 saturated carbocycles. The fourth-order valence-corrected chi connectivity index (χ4v) is 1.14. The van der Waals surface area contributed by atoms with Crippen LogP contribution in [0.2, 0.25) is 0 Å². The summed E-state index contributed by atoms with van der Waals surface area (Å²) in [6, 6.07) is 7.79. The molecule has 13 heavy (non-hydrogen) atoms. The van der Waals surface area contributed by atoms with Gasteiger partial charge < -0.3 is 9.47 Å². The Hall–Kier alpha value is -1.51. The third-order valence-electron chi connectivity index (χ3n) is 1.85. The minimum atomic E-state index is 0.384. The maximum absolute atomic E-state index is 5.43. The van der Waals surface area contributed by atoms with Gasteiger partial charge in [-0.1, -0.05) is 18.2 Å². The summed E-state index contributed by atoms with van der Waals surface area (Å²) in [5.41, 5.74) is 1.08. The second kappa shape index (κ2) is 3.47. The van der Waals surface area contributed by atoms with Gasteiger partial charge >= 0.3 is 6.08 Å². The Morgan fingerprint density at radius 1 is 1.38 bits per heavy atom. The number of aryl methyl sites for hydroxylation is 1. The first-order chi connectivity index (χ1) is 6.36. The second-order valence-corrected chi connectivity index (χ2v) is 2.86. The Kier molecular flexibility index (Phi) is 2.17. The first-order valence-electron chi connectivity index (χ1n) is 4.27. The Balaban J connectivity index is 2.13. The second-order valence-electron chi connectivity index (χ2n) is 2.86. The van der Waals surface area contributed by atoms with Crippen LogP contribution < -0.4 is 4.74 Å². The molecule has 3 nitrogen and oxygen atoms in total. The number of benzene rings is 1. The molecule has 1 aromatic rings. The van der Waals surface area contributed by atoms with E-state index in [1.165, 1.54) is 0 Å². The molecule has 1 aliphatic rings. The SMILES string of the molecule is Cc1ccccc1OC1=NCCO1. The van der Waals surface area contributed by atoms with Crippen molar-refractivity contribution in [2.45, 2.75) is 6.92 Å². The van der Waals surface area contributed by atoms with Crippen LogP contribution >= 0.6 is 0 Å². The van der Waals surface area contributed by atoms with E-state index in [1.54, 1.807) is 0 Å². The topological polar surface area (TPSA) is 30.8 Å². The van der Waals surface area contributed by atoms with Crippen molar-refractivity contribution in [1.82, 2.24) is 0 Å². The number of nitrogens with zero attached hydrogens (tertiary/aromatic N) is 1. The molecule has 0 aliphatic carbocycles. The summed E-state index contributed by atoms with van der Waals surface area (Å²) in [5, 5.41) is 0. The van der Waals surface area contributed by atoms with Crippen LogP contribution in [-0.4, -0.2) is 19.2 Å². The van der Waals surface area contributed by atoms with Gasteiger partial charge in [-0.05, 0) is 18.6 Å². The summed E-state index contributed by atoms with van der Waals surface area (Å²) < 4.78 is 10.6. The van der Waals surface area contributed by atoms with Crippen molar-refractivity contribution in [1.29, 1.82) is 0 Å². The highest BCUT2D eigenvalue weighted by Gasteiger charge is 2.10. The van der Waals surface area contributed by atoms with Crippen molar-refractivity contribution in [3.63, 3.8) is 0 Å². The van der Waals surface area contributed by atoms with E-state index >= 15 is 0 Å². The summed E-state index contributed by atoms with van der Waals surface area (Å²) in [6.07, 6.45) is 0.384. The van der Waals surface area contributed by atoms with Crippen LogP contribution in [0.25, 0.3) is 0 Å². The molecule has 1 heterocycles. The molecule has 0 N–H and O–H groups in total. The molecule has 0 aromatic heterocycles. The summed E-state index contributed by atoms with van der Waals surface area (Å²) in [5.74, 6) is 0.808. The molecule has 0 spiro atoms. The molecule has 0 atom stereocenters. The summed E-state index contributed by atoms with van der Waals surface area (Å²) in [4.78, 5) is 4.04. The predicted octanol–water partition coefficient (Wildman–Crippen LogP) is 1.76. The number of para-hydroxylation sites is 1. The van der Waals surface area contributed by atoms with Gasteiger partial charge in [0.15, 0.2) is 0 Å². The smallest absolute Gasteiger partial charge is 0.389 e. The number of hydrogen-bond acceptors (Lipinski definition) is 3. The first kappa shape index (κ1) is 8.10. The maximum Gasteiger partial charge on any atom is 0.389 e. The van der Waals surface area contributed by atoms with Crippen LogP contribution in [0.15, 0.2) is 29.3 Å². The minimum absolute atomic E-state index is 0.384. The maximum atomic E-state index is 5.43. The molecular formula is C10H11NO2. The Labute approximate surface area is 77.0 Å². The van der Waals surface area contributed by atoms with Crippen LogP contribution in [0.3, 0.4) is 0 Å². The van der Waals surface area contributed by atoms with Gasteiger partial charge in [-0.3, -0.25) is 0 Å². The minimum Gasteiger partial charge on any atom is -0.448 e. The summed E-state index contributed by atoms with van der Waals surface area (Å²) in [7, 11) is 0. The van der Waals surface area contributed by atoms with Crippen LogP contribution in [0, 0.1) is 6.92 Å². The lowest BCUT2D eigenvalue weighted by molar-refractivity contribution is 0.273. The third-order valence-corrected chi connectivity index (χ3v) is 1.85. The number of ether oxygens (including phenoxy) is 2. The van der Waals surface area contributed by atoms with Crippen molar-refractivity contribution in [2.24, 2.45) is 4.99 Å². The average molecular weight is 177 g/mol. The van der Waals surface area contributed by atoms with Crippen molar-refractivity contribution in [2.75, 3.05) is 13.2 Å². The highest BCUT2D eigenvalue weighted by Crippen LogP contribution is 2.17. The van der Waals surface area contributed by atoms with Gasteiger partial charge in [0.25, 0.3) is 0 Å². The zero-order valence-electron chi connectivity index (χ0n) is 7.49. The molecule has 1 aliphatic heterocycles. The zero-order valence-corrected chi connectivity index (χ0v) is 7.49. The quantitative estimate of drug-likeness (QED) is 0.654. The Bertz CT molecular complexity index is 333. The van der Waals surface area contributed by atoms with E-state index in [2.05, 4.69) is 4.99 Å². The average Bonchev–Trinajstić information content (AvgIpc) is 2.61. The van der Waals surface area contributed by atoms with Gasteiger partial charge in [0.2, 0.25) is 0 Å². The fraction of sp³-hybridized carbons (Fsp3) is 0.300. The van der Waals surface area contributed by atoms with E-state index in [4.69, 9.17) is 9.47 Å². The van der Waals surface area contributed by atoms with E-state index in [1.807, 2.05) is 31.2 Å². The molecule has 2 rings (SSSR count). The predicted molar refractivity (Wildman–Crippen MR) is 50.1 cm³/mol. The molecule has 0 amide bonds. The zero-order chi connectivity index (χ0) is 9.10. The first-order valence-corrected chi connectivity index (χ1v) is 4.27. The fourth-order valence-electron chi connectivity index (χ4n) is 1.14.